The number of hydrogen-bond acceptors (Lipinski definition) is 6. The second-order valence-electron chi connectivity index (χ2n) is 5.99. The molecule has 1 N–H and O–H groups in total. The molecular formula is C18H22N2O6. The van der Waals surface area contributed by atoms with Crippen LogP contribution in [0.15, 0.2) is 24.3 Å². The van der Waals surface area contributed by atoms with Gasteiger partial charge in [0.25, 0.3) is 5.91 Å². The third kappa shape index (κ3) is 4.59. The van der Waals surface area contributed by atoms with Crippen molar-refractivity contribution in [2.75, 3.05) is 18.6 Å². The van der Waals surface area contributed by atoms with E-state index in [2.05, 4.69) is 4.74 Å². The van der Waals surface area contributed by atoms with Gasteiger partial charge in [-0.1, -0.05) is 19.1 Å². The highest BCUT2D eigenvalue weighted by Crippen LogP contribution is 2.26. The summed E-state index contributed by atoms with van der Waals surface area (Å²) in [5.41, 5.74) is 1.88. The van der Waals surface area contributed by atoms with Crippen LogP contribution in [0.5, 0.6) is 0 Å². The highest BCUT2D eigenvalue weighted by Gasteiger charge is 2.37. The fraction of sp³-hybridized carbons (Fsp3) is 0.444. The van der Waals surface area contributed by atoms with Crippen molar-refractivity contribution in [3.05, 3.63) is 29.8 Å². The smallest absolute Gasteiger partial charge is 0.413 e. The first kappa shape index (κ1) is 19.4. The molecule has 0 radical (unpaired) electrons. The number of carbonyl (C=O) groups is 4. The van der Waals surface area contributed by atoms with Gasteiger partial charge >= 0.3 is 12.1 Å². The Morgan fingerprint density at radius 2 is 1.92 bits per heavy atom. The molecule has 8 heteroatoms. The lowest BCUT2D eigenvalue weighted by molar-refractivity contribution is -0.158. The fourth-order valence-corrected chi connectivity index (χ4v) is 2.60. The third-order valence-electron chi connectivity index (χ3n) is 4.19. The number of anilines is 1. The van der Waals surface area contributed by atoms with Gasteiger partial charge in [-0.2, -0.15) is 0 Å². The van der Waals surface area contributed by atoms with E-state index in [-0.39, 0.29) is 18.9 Å². The van der Waals surface area contributed by atoms with Gasteiger partial charge < -0.3 is 14.4 Å². The van der Waals surface area contributed by atoms with E-state index in [1.165, 1.54) is 11.8 Å². The number of nitrogens with zero attached hydrogens (tertiary/aromatic N) is 1. The number of carbonyl (C=O) groups excluding carboxylic acids is 4. The number of benzene rings is 1. The van der Waals surface area contributed by atoms with Crippen LogP contribution < -0.4 is 10.2 Å². The molecular weight excluding hydrogens is 340 g/mol. The average molecular weight is 362 g/mol. The number of hydrogen-bond donors (Lipinski definition) is 1. The lowest BCUT2D eigenvalue weighted by Gasteiger charge is -2.18. The molecule has 1 aliphatic heterocycles. The summed E-state index contributed by atoms with van der Waals surface area (Å²) in [5.74, 6) is -2.29. The molecule has 26 heavy (non-hydrogen) atoms. The van der Waals surface area contributed by atoms with Gasteiger partial charge in [-0.15, -0.1) is 0 Å². The van der Waals surface area contributed by atoms with Crippen LogP contribution in [0, 0.1) is 5.92 Å². The number of imide groups is 1. The summed E-state index contributed by atoms with van der Waals surface area (Å²) in [6.07, 6.45) is -1.20. The summed E-state index contributed by atoms with van der Waals surface area (Å²) in [6, 6.07) is 7.56. The van der Waals surface area contributed by atoms with E-state index >= 15 is 0 Å². The van der Waals surface area contributed by atoms with Crippen LogP contribution in [0.2, 0.25) is 0 Å². The van der Waals surface area contributed by atoms with Crippen molar-refractivity contribution in [1.29, 1.82) is 0 Å². The summed E-state index contributed by atoms with van der Waals surface area (Å²) in [7, 11) is 1.12. The molecule has 0 unspecified atom stereocenters. The Bertz CT molecular complexity index is 700. The molecule has 1 aromatic rings. The molecule has 0 aromatic heterocycles. The van der Waals surface area contributed by atoms with Crippen molar-refractivity contribution in [1.82, 2.24) is 5.32 Å². The highest BCUT2D eigenvalue weighted by molar-refractivity contribution is 6.00. The molecule has 2 rings (SSSR count). The van der Waals surface area contributed by atoms with Crippen LogP contribution >= 0.6 is 0 Å². The second-order valence-corrected chi connectivity index (χ2v) is 5.99. The topological polar surface area (TPSA) is 102 Å². The Hall–Kier alpha value is -2.90. The standard InChI is InChI=1S/C18H22N2O6/c1-4-12-5-7-14(8-6-12)20-10-13(9-15(20)21)17(23)26-11(2)16(22)19-18(24)25-3/h5-8,11,13H,4,9-10H2,1-3H3,(H,19,22,24)/t11-,13-/m1/s1. The zero-order chi connectivity index (χ0) is 19.3. The number of rotatable bonds is 5. The predicted octanol–water partition coefficient (Wildman–Crippen LogP) is 1.42. The van der Waals surface area contributed by atoms with Gasteiger partial charge in [0.05, 0.1) is 13.0 Å². The number of amides is 3. The minimum atomic E-state index is -1.17. The SMILES string of the molecule is CCc1ccc(N2C[C@H](C(=O)O[C@H](C)C(=O)NC(=O)OC)CC2=O)cc1. The minimum absolute atomic E-state index is 0.0136. The van der Waals surface area contributed by atoms with Crippen molar-refractivity contribution in [2.24, 2.45) is 5.92 Å². The molecule has 1 saturated heterocycles. The Balaban J connectivity index is 1.95. The first-order valence-corrected chi connectivity index (χ1v) is 8.34. The molecule has 0 spiro atoms. The zero-order valence-electron chi connectivity index (χ0n) is 15.0. The molecule has 1 aliphatic rings. The number of alkyl carbamates (subject to hydrolysis) is 1. The molecule has 0 bridgehead atoms. The molecule has 0 saturated carbocycles. The van der Waals surface area contributed by atoms with E-state index in [1.54, 1.807) is 0 Å². The number of aryl methyl sites for hydroxylation is 1. The van der Waals surface area contributed by atoms with Crippen LogP contribution in [0.3, 0.4) is 0 Å². The van der Waals surface area contributed by atoms with Crippen molar-refractivity contribution in [3.63, 3.8) is 0 Å². The van der Waals surface area contributed by atoms with Crippen molar-refractivity contribution in [3.8, 4) is 0 Å². The van der Waals surface area contributed by atoms with Crippen LogP contribution in [-0.4, -0.2) is 43.6 Å². The van der Waals surface area contributed by atoms with E-state index in [0.29, 0.717) is 0 Å². The summed E-state index contributed by atoms with van der Waals surface area (Å²) in [5, 5.41) is 1.92. The quantitative estimate of drug-likeness (QED) is 0.795. The highest BCUT2D eigenvalue weighted by atomic mass is 16.6. The van der Waals surface area contributed by atoms with Gasteiger partial charge in [-0.25, -0.2) is 4.79 Å². The average Bonchev–Trinajstić information content (AvgIpc) is 3.03. The lowest BCUT2D eigenvalue weighted by Crippen LogP contribution is -2.40. The summed E-state index contributed by atoms with van der Waals surface area (Å²) in [4.78, 5) is 48.7. The Kier molecular flexibility index (Phi) is 6.32. The molecule has 1 heterocycles. The molecule has 8 nitrogen and oxygen atoms in total. The summed E-state index contributed by atoms with van der Waals surface area (Å²) in [6.45, 7) is 3.57. The number of nitrogens with one attached hydrogen (secondary N) is 1. The summed E-state index contributed by atoms with van der Waals surface area (Å²) < 4.78 is 9.38. The van der Waals surface area contributed by atoms with E-state index in [4.69, 9.17) is 4.74 Å². The number of esters is 1. The monoisotopic (exact) mass is 362 g/mol. The first-order chi connectivity index (χ1) is 12.3. The first-order valence-electron chi connectivity index (χ1n) is 8.34. The summed E-state index contributed by atoms with van der Waals surface area (Å²) >= 11 is 0. The lowest BCUT2D eigenvalue weighted by atomic mass is 10.1. The van der Waals surface area contributed by atoms with Crippen molar-refractivity contribution < 1.29 is 28.7 Å². The van der Waals surface area contributed by atoms with Gasteiger partial charge in [-0.3, -0.25) is 19.7 Å². The van der Waals surface area contributed by atoms with E-state index < -0.39 is 30.0 Å². The van der Waals surface area contributed by atoms with Gasteiger partial charge in [0, 0.05) is 18.7 Å². The molecule has 0 aliphatic carbocycles. The Morgan fingerprint density at radius 1 is 1.27 bits per heavy atom. The predicted molar refractivity (Wildman–Crippen MR) is 92.4 cm³/mol. The maximum absolute atomic E-state index is 12.2. The normalized spacial score (nSPS) is 17.6. The third-order valence-corrected chi connectivity index (χ3v) is 4.19. The molecule has 1 fully saturated rings. The van der Waals surface area contributed by atoms with E-state index in [0.717, 1.165) is 24.8 Å². The largest absolute Gasteiger partial charge is 0.453 e. The van der Waals surface area contributed by atoms with Gasteiger partial charge in [-0.05, 0) is 31.0 Å². The molecule has 2 atom stereocenters. The van der Waals surface area contributed by atoms with E-state index in [1.807, 2.05) is 36.5 Å². The molecule has 140 valence electrons. The van der Waals surface area contributed by atoms with E-state index in [9.17, 15) is 19.2 Å². The number of ether oxygens (including phenoxy) is 2. The van der Waals surface area contributed by atoms with Crippen LogP contribution in [0.25, 0.3) is 0 Å². The zero-order valence-corrected chi connectivity index (χ0v) is 15.0. The minimum Gasteiger partial charge on any atom is -0.453 e. The molecule has 1 aromatic carbocycles. The molecule has 3 amide bonds. The maximum atomic E-state index is 12.2. The maximum Gasteiger partial charge on any atom is 0.413 e. The van der Waals surface area contributed by atoms with Crippen LogP contribution in [-0.2, 0) is 30.3 Å². The number of methoxy groups -OCH3 is 1. The fourth-order valence-electron chi connectivity index (χ4n) is 2.60. The van der Waals surface area contributed by atoms with Gasteiger partial charge in [0.2, 0.25) is 5.91 Å². The van der Waals surface area contributed by atoms with Crippen molar-refractivity contribution in [2.45, 2.75) is 32.8 Å². The van der Waals surface area contributed by atoms with Gasteiger partial charge in [0.15, 0.2) is 6.10 Å². The van der Waals surface area contributed by atoms with Gasteiger partial charge in [0.1, 0.15) is 0 Å². The Morgan fingerprint density at radius 3 is 2.50 bits per heavy atom. The van der Waals surface area contributed by atoms with Crippen LogP contribution in [0.4, 0.5) is 10.5 Å². The van der Waals surface area contributed by atoms with Crippen LogP contribution in [0.1, 0.15) is 25.8 Å². The Labute approximate surface area is 151 Å². The van der Waals surface area contributed by atoms with Crippen molar-refractivity contribution >= 4 is 29.6 Å². The second kappa shape index (κ2) is 8.46.